The van der Waals surface area contributed by atoms with E-state index in [9.17, 15) is 13.6 Å². The van der Waals surface area contributed by atoms with Gasteiger partial charge in [0.1, 0.15) is 17.4 Å². The number of nitrogens with zero attached hydrogens (tertiary/aromatic N) is 1. The van der Waals surface area contributed by atoms with Gasteiger partial charge in [0.05, 0.1) is 6.61 Å². The molecule has 2 aromatic rings. The molecule has 0 spiro atoms. The summed E-state index contributed by atoms with van der Waals surface area (Å²) in [7, 11) is 0. The van der Waals surface area contributed by atoms with Gasteiger partial charge in [-0.2, -0.15) is 0 Å². The third kappa shape index (κ3) is 3.32. The van der Waals surface area contributed by atoms with Crippen LogP contribution in [0.25, 0.3) is 6.08 Å². The number of hydrogen-bond donors (Lipinski definition) is 0. The van der Waals surface area contributed by atoms with Crippen molar-refractivity contribution in [2.24, 2.45) is 4.99 Å². The SMILES string of the molecule is CCOc1ccc(C2=N/C(=C\c3ccc(F)cc3F)C(=O)O2)cc1. The summed E-state index contributed by atoms with van der Waals surface area (Å²) >= 11 is 0. The Kier molecular flexibility index (Phi) is 4.37. The summed E-state index contributed by atoms with van der Waals surface area (Å²) in [5.74, 6) is -1.35. The number of cyclic esters (lactones) is 1. The Hall–Kier alpha value is -3.02. The average molecular weight is 329 g/mol. The lowest BCUT2D eigenvalue weighted by molar-refractivity contribution is -0.129. The van der Waals surface area contributed by atoms with Crippen LogP contribution in [0.3, 0.4) is 0 Å². The van der Waals surface area contributed by atoms with Crippen LogP contribution in [0.4, 0.5) is 8.78 Å². The summed E-state index contributed by atoms with van der Waals surface area (Å²) in [5.41, 5.74) is 0.596. The van der Waals surface area contributed by atoms with Crippen molar-refractivity contribution in [2.75, 3.05) is 6.61 Å². The second-order valence-corrected chi connectivity index (χ2v) is 4.96. The van der Waals surface area contributed by atoms with Crippen LogP contribution in [-0.2, 0) is 9.53 Å². The fourth-order valence-electron chi connectivity index (χ4n) is 2.16. The topological polar surface area (TPSA) is 47.9 Å². The smallest absolute Gasteiger partial charge is 0.363 e. The molecule has 0 bridgehead atoms. The van der Waals surface area contributed by atoms with Crippen molar-refractivity contribution in [3.8, 4) is 5.75 Å². The Balaban J connectivity index is 1.88. The van der Waals surface area contributed by atoms with E-state index in [0.29, 0.717) is 17.9 Å². The van der Waals surface area contributed by atoms with Gasteiger partial charge in [0.25, 0.3) is 0 Å². The lowest BCUT2D eigenvalue weighted by Crippen LogP contribution is -2.05. The second-order valence-electron chi connectivity index (χ2n) is 4.96. The second kappa shape index (κ2) is 6.62. The molecule has 0 amide bonds. The molecule has 0 radical (unpaired) electrons. The number of halogens is 2. The summed E-state index contributed by atoms with van der Waals surface area (Å²) in [5, 5.41) is 0. The van der Waals surface area contributed by atoms with E-state index in [1.807, 2.05) is 6.92 Å². The Bertz CT molecular complexity index is 842. The van der Waals surface area contributed by atoms with Crippen LogP contribution in [0.1, 0.15) is 18.1 Å². The van der Waals surface area contributed by atoms with Gasteiger partial charge in [-0.25, -0.2) is 18.6 Å². The van der Waals surface area contributed by atoms with Crippen molar-refractivity contribution in [1.82, 2.24) is 0 Å². The van der Waals surface area contributed by atoms with Gasteiger partial charge in [-0.3, -0.25) is 0 Å². The van der Waals surface area contributed by atoms with Gasteiger partial charge < -0.3 is 9.47 Å². The normalized spacial score (nSPS) is 15.4. The van der Waals surface area contributed by atoms with Crippen LogP contribution < -0.4 is 4.74 Å². The van der Waals surface area contributed by atoms with Crippen LogP contribution in [-0.4, -0.2) is 18.5 Å². The fourth-order valence-corrected chi connectivity index (χ4v) is 2.16. The van der Waals surface area contributed by atoms with Crippen LogP contribution in [0.2, 0.25) is 0 Å². The van der Waals surface area contributed by atoms with Crippen molar-refractivity contribution < 1.29 is 23.0 Å². The molecular formula is C18H13F2NO3. The van der Waals surface area contributed by atoms with E-state index in [1.165, 1.54) is 12.1 Å². The van der Waals surface area contributed by atoms with E-state index in [4.69, 9.17) is 9.47 Å². The first kappa shape index (κ1) is 15.9. The molecule has 1 aliphatic heterocycles. The van der Waals surface area contributed by atoms with Gasteiger partial charge in [-0.1, -0.05) is 0 Å². The highest BCUT2D eigenvalue weighted by Gasteiger charge is 2.24. The average Bonchev–Trinajstić information content (AvgIpc) is 2.92. The summed E-state index contributed by atoms with van der Waals surface area (Å²) in [6, 6.07) is 9.95. The number of ether oxygens (including phenoxy) is 2. The standard InChI is InChI=1S/C18H13F2NO3/c1-2-23-14-7-4-11(5-8-14)17-21-16(18(22)24-17)9-12-3-6-13(19)10-15(12)20/h3-10H,2H2,1H3/b16-9-. The van der Waals surface area contributed by atoms with Gasteiger partial charge >= 0.3 is 5.97 Å². The lowest BCUT2D eigenvalue weighted by Gasteiger charge is -2.03. The van der Waals surface area contributed by atoms with Crippen LogP contribution in [0, 0.1) is 11.6 Å². The van der Waals surface area contributed by atoms with Gasteiger partial charge in [0, 0.05) is 17.2 Å². The molecule has 0 aromatic heterocycles. The minimum atomic E-state index is -0.778. The van der Waals surface area contributed by atoms with Crippen LogP contribution in [0.15, 0.2) is 53.2 Å². The van der Waals surface area contributed by atoms with Crippen molar-refractivity contribution >= 4 is 17.9 Å². The Morgan fingerprint density at radius 3 is 2.58 bits per heavy atom. The van der Waals surface area contributed by atoms with Gasteiger partial charge in [0.2, 0.25) is 5.90 Å². The Morgan fingerprint density at radius 1 is 1.17 bits per heavy atom. The summed E-state index contributed by atoms with van der Waals surface area (Å²) in [6.45, 7) is 2.42. The highest BCUT2D eigenvalue weighted by molar-refractivity contribution is 6.12. The van der Waals surface area contributed by atoms with E-state index in [2.05, 4.69) is 4.99 Å². The van der Waals surface area contributed by atoms with E-state index in [-0.39, 0.29) is 17.2 Å². The predicted molar refractivity (Wildman–Crippen MR) is 84.6 cm³/mol. The molecule has 0 N–H and O–H groups in total. The third-order valence-corrected chi connectivity index (χ3v) is 3.29. The number of carbonyl (C=O) groups is 1. The number of hydrogen-bond acceptors (Lipinski definition) is 4. The highest BCUT2D eigenvalue weighted by atomic mass is 19.1. The minimum absolute atomic E-state index is 0.0515. The van der Waals surface area contributed by atoms with E-state index < -0.39 is 17.6 Å². The van der Waals surface area contributed by atoms with Crippen molar-refractivity contribution in [3.05, 3.63) is 70.9 Å². The number of aliphatic imine (C=N–C) groups is 1. The van der Waals surface area contributed by atoms with Crippen LogP contribution in [0.5, 0.6) is 5.75 Å². The summed E-state index contributed by atoms with van der Waals surface area (Å²) in [6.07, 6.45) is 1.22. The molecular weight excluding hydrogens is 316 g/mol. The maximum Gasteiger partial charge on any atom is 0.363 e. The zero-order chi connectivity index (χ0) is 17.1. The van der Waals surface area contributed by atoms with Crippen molar-refractivity contribution in [2.45, 2.75) is 6.92 Å². The molecule has 0 unspecified atom stereocenters. The van der Waals surface area contributed by atoms with Gasteiger partial charge in [0.15, 0.2) is 5.70 Å². The highest BCUT2D eigenvalue weighted by Crippen LogP contribution is 2.22. The molecule has 2 aromatic carbocycles. The zero-order valence-electron chi connectivity index (χ0n) is 12.8. The zero-order valence-corrected chi connectivity index (χ0v) is 12.8. The van der Waals surface area contributed by atoms with Gasteiger partial charge in [-0.05, 0) is 49.4 Å². The third-order valence-electron chi connectivity index (χ3n) is 3.29. The van der Waals surface area contributed by atoms with Crippen molar-refractivity contribution in [1.29, 1.82) is 0 Å². The molecule has 0 fully saturated rings. The van der Waals surface area contributed by atoms with E-state index in [0.717, 1.165) is 12.1 Å². The molecule has 3 rings (SSSR count). The molecule has 1 heterocycles. The molecule has 0 saturated heterocycles. The molecule has 0 aliphatic carbocycles. The van der Waals surface area contributed by atoms with Crippen LogP contribution >= 0.6 is 0 Å². The first-order chi connectivity index (χ1) is 11.6. The maximum atomic E-state index is 13.7. The lowest BCUT2D eigenvalue weighted by atomic mass is 10.2. The van der Waals surface area contributed by atoms with E-state index >= 15 is 0 Å². The Morgan fingerprint density at radius 2 is 1.92 bits per heavy atom. The monoisotopic (exact) mass is 329 g/mol. The number of esters is 1. The molecule has 6 heteroatoms. The first-order valence-electron chi connectivity index (χ1n) is 7.27. The molecule has 0 saturated carbocycles. The number of benzene rings is 2. The molecule has 24 heavy (non-hydrogen) atoms. The Labute approximate surface area is 137 Å². The largest absolute Gasteiger partial charge is 0.494 e. The summed E-state index contributed by atoms with van der Waals surface area (Å²) < 4.78 is 37.0. The number of carbonyl (C=O) groups excluding carboxylic acids is 1. The molecule has 1 aliphatic rings. The summed E-state index contributed by atoms with van der Waals surface area (Å²) in [4.78, 5) is 16.0. The minimum Gasteiger partial charge on any atom is -0.494 e. The fraction of sp³-hybridized carbons (Fsp3) is 0.111. The quantitative estimate of drug-likeness (QED) is 0.635. The van der Waals surface area contributed by atoms with E-state index in [1.54, 1.807) is 24.3 Å². The molecule has 0 atom stereocenters. The van der Waals surface area contributed by atoms with Gasteiger partial charge in [-0.15, -0.1) is 0 Å². The first-order valence-corrected chi connectivity index (χ1v) is 7.27. The molecule has 4 nitrogen and oxygen atoms in total. The maximum absolute atomic E-state index is 13.7. The predicted octanol–water partition coefficient (Wildman–Crippen LogP) is 3.71. The number of rotatable bonds is 4. The van der Waals surface area contributed by atoms with Crippen molar-refractivity contribution in [3.63, 3.8) is 0 Å². The molecule has 122 valence electrons.